The van der Waals surface area contributed by atoms with Gasteiger partial charge in [0, 0.05) is 0 Å². The molecule has 0 aromatic carbocycles. The molecule has 2 N–H and O–H groups in total. The molecule has 76 valence electrons. The van der Waals surface area contributed by atoms with Crippen LogP contribution >= 0.6 is 9.24 Å². The number of carbonyl (C=O) groups is 2. The van der Waals surface area contributed by atoms with Gasteiger partial charge in [-0.2, -0.15) is 0 Å². The molecule has 0 saturated carbocycles. The summed E-state index contributed by atoms with van der Waals surface area (Å²) in [6, 6.07) is 0. The van der Waals surface area contributed by atoms with Gasteiger partial charge in [-0.1, -0.05) is 6.08 Å². The first-order valence-electron chi connectivity index (χ1n) is 4.10. The molecule has 6 heteroatoms. The van der Waals surface area contributed by atoms with Gasteiger partial charge in [-0.15, -0.1) is 9.24 Å². The van der Waals surface area contributed by atoms with E-state index in [-0.39, 0.29) is 0 Å². The SMILES string of the molecule is O=C1OC(=O)C(P)(C2=CCC2)C1(O)O. The van der Waals surface area contributed by atoms with Crippen LogP contribution in [-0.2, 0) is 14.3 Å². The molecular formula is C8H9O5P. The van der Waals surface area contributed by atoms with Crippen LogP contribution in [0.5, 0.6) is 0 Å². The summed E-state index contributed by atoms with van der Waals surface area (Å²) < 4.78 is 4.21. The third-order valence-corrected chi connectivity index (χ3v) is 3.66. The highest BCUT2D eigenvalue weighted by atomic mass is 31.0. The van der Waals surface area contributed by atoms with Gasteiger partial charge in [0.15, 0.2) is 5.16 Å². The predicted octanol–water partition coefficient (Wildman–Crippen LogP) is -0.915. The number of aliphatic hydroxyl groups is 2. The van der Waals surface area contributed by atoms with E-state index < -0.39 is 22.9 Å². The molecule has 0 amide bonds. The zero-order valence-corrected chi connectivity index (χ0v) is 8.34. The standard InChI is InChI=1S/C8H9O5P/c9-5-7(14,4-2-1-3-4)8(11,12)6(10)13-5/h2,11-12H,1,3,14H2. The van der Waals surface area contributed by atoms with Crippen LogP contribution in [0.15, 0.2) is 11.6 Å². The van der Waals surface area contributed by atoms with Gasteiger partial charge >= 0.3 is 11.9 Å². The third kappa shape index (κ3) is 0.895. The van der Waals surface area contributed by atoms with Gasteiger partial charge in [0.05, 0.1) is 0 Å². The second-order valence-corrected chi connectivity index (χ2v) is 4.29. The monoisotopic (exact) mass is 216 g/mol. The molecule has 0 aromatic heterocycles. The predicted molar refractivity (Wildman–Crippen MR) is 48.0 cm³/mol. The van der Waals surface area contributed by atoms with E-state index >= 15 is 0 Å². The Balaban J connectivity index is 2.51. The second-order valence-electron chi connectivity index (χ2n) is 3.43. The van der Waals surface area contributed by atoms with E-state index in [1.165, 1.54) is 0 Å². The molecule has 14 heavy (non-hydrogen) atoms. The molecular weight excluding hydrogens is 207 g/mol. The van der Waals surface area contributed by atoms with Crippen LogP contribution in [0.1, 0.15) is 12.8 Å². The first kappa shape index (κ1) is 9.77. The van der Waals surface area contributed by atoms with Crippen LogP contribution in [0.4, 0.5) is 0 Å². The van der Waals surface area contributed by atoms with Crippen LogP contribution in [0.2, 0.25) is 0 Å². The van der Waals surface area contributed by atoms with Crippen molar-refractivity contribution in [2.75, 3.05) is 0 Å². The maximum Gasteiger partial charge on any atom is 0.376 e. The second kappa shape index (κ2) is 2.63. The van der Waals surface area contributed by atoms with Gasteiger partial charge in [0.1, 0.15) is 0 Å². The van der Waals surface area contributed by atoms with Crippen LogP contribution in [0.3, 0.4) is 0 Å². The molecule has 5 nitrogen and oxygen atoms in total. The average molecular weight is 216 g/mol. The Morgan fingerprint density at radius 2 is 1.93 bits per heavy atom. The fraction of sp³-hybridized carbons (Fsp3) is 0.500. The number of allylic oxidation sites excluding steroid dienone is 1. The molecule has 1 aliphatic carbocycles. The molecule has 1 heterocycles. The van der Waals surface area contributed by atoms with Crippen molar-refractivity contribution in [2.45, 2.75) is 23.8 Å². The Hall–Kier alpha value is -0.770. The first-order valence-corrected chi connectivity index (χ1v) is 4.68. The maximum absolute atomic E-state index is 11.3. The molecule has 0 bridgehead atoms. The molecule has 2 atom stereocenters. The van der Waals surface area contributed by atoms with E-state index in [4.69, 9.17) is 0 Å². The number of ether oxygens (including phenoxy) is 1. The van der Waals surface area contributed by atoms with Gasteiger partial charge in [-0.3, -0.25) is 0 Å². The Morgan fingerprint density at radius 1 is 1.36 bits per heavy atom. The molecule has 0 aromatic rings. The van der Waals surface area contributed by atoms with Gasteiger partial charge < -0.3 is 14.9 Å². The normalized spacial score (nSPS) is 34.9. The Morgan fingerprint density at radius 3 is 2.21 bits per heavy atom. The summed E-state index contributed by atoms with van der Waals surface area (Å²) in [6.07, 6.45) is 3.02. The molecule has 2 unspecified atom stereocenters. The van der Waals surface area contributed by atoms with Crippen molar-refractivity contribution in [2.24, 2.45) is 0 Å². The fourth-order valence-corrected chi connectivity index (χ4v) is 1.98. The van der Waals surface area contributed by atoms with E-state index in [0.717, 1.165) is 6.42 Å². The van der Waals surface area contributed by atoms with E-state index in [1.54, 1.807) is 6.08 Å². The smallest absolute Gasteiger partial charge is 0.376 e. The summed E-state index contributed by atoms with van der Waals surface area (Å²) in [5.74, 6) is -5.00. The lowest BCUT2D eigenvalue weighted by atomic mass is 9.82. The lowest BCUT2D eigenvalue weighted by molar-refractivity contribution is -0.193. The summed E-state index contributed by atoms with van der Waals surface area (Å²) in [5, 5.41) is 17.3. The van der Waals surface area contributed by atoms with Crippen molar-refractivity contribution in [3.8, 4) is 0 Å². The Bertz CT molecular complexity index is 359. The largest absolute Gasteiger partial charge is 0.388 e. The molecule has 0 radical (unpaired) electrons. The molecule has 1 fully saturated rings. The van der Waals surface area contributed by atoms with E-state index in [1.807, 2.05) is 9.24 Å². The maximum atomic E-state index is 11.3. The van der Waals surface area contributed by atoms with E-state index in [9.17, 15) is 19.8 Å². The highest BCUT2D eigenvalue weighted by molar-refractivity contribution is 7.22. The summed E-state index contributed by atoms with van der Waals surface area (Å²) in [6.45, 7) is 0. The molecule has 1 aliphatic heterocycles. The number of esters is 2. The molecule has 2 aliphatic rings. The van der Waals surface area contributed by atoms with Crippen LogP contribution in [0, 0.1) is 0 Å². The lowest BCUT2D eigenvalue weighted by Crippen LogP contribution is -2.54. The third-order valence-electron chi connectivity index (χ3n) is 2.65. The van der Waals surface area contributed by atoms with Gasteiger partial charge in [-0.05, 0) is 18.4 Å². The minimum atomic E-state index is -2.76. The molecule has 1 saturated heterocycles. The van der Waals surface area contributed by atoms with Crippen molar-refractivity contribution in [1.29, 1.82) is 0 Å². The first-order chi connectivity index (χ1) is 6.40. The van der Waals surface area contributed by atoms with Crippen molar-refractivity contribution < 1.29 is 24.5 Å². The summed E-state index contributed by atoms with van der Waals surface area (Å²) in [5.41, 5.74) is 0.517. The van der Waals surface area contributed by atoms with Crippen LogP contribution in [-0.4, -0.2) is 33.1 Å². The lowest BCUT2D eigenvalue weighted by Gasteiger charge is -2.33. The zero-order chi connectivity index (χ0) is 10.6. The van der Waals surface area contributed by atoms with Crippen molar-refractivity contribution in [3.63, 3.8) is 0 Å². The molecule has 2 rings (SSSR count). The van der Waals surface area contributed by atoms with Crippen molar-refractivity contribution in [3.05, 3.63) is 11.6 Å². The van der Waals surface area contributed by atoms with E-state index in [2.05, 4.69) is 4.74 Å². The van der Waals surface area contributed by atoms with Crippen LogP contribution < -0.4 is 0 Å². The molecule has 0 spiro atoms. The number of hydrogen-bond acceptors (Lipinski definition) is 5. The zero-order valence-electron chi connectivity index (χ0n) is 7.19. The summed E-state index contributed by atoms with van der Waals surface area (Å²) >= 11 is 0. The number of rotatable bonds is 1. The number of carbonyl (C=O) groups excluding carboxylic acids is 2. The van der Waals surface area contributed by atoms with Gasteiger partial charge in [-0.25, -0.2) is 9.59 Å². The summed E-state index contributed by atoms with van der Waals surface area (Å²) in [7, 11) is 2.01. The van der Waals surface area contributed by atoms with Gasteiger partial charge in [0.2, 0.25) is 0 Å². The Kier molecular flexibility index (Phi) is 1.83. The highest BCUT2D eigenvalue weighted by Crippen LogP contribution is 2.48. The van der Waals surface area contributed by atoms with Crippen molar-refractivity contribution in [1.82, 2.24) is 0 Å². The van der Waals surface area contributed by atoms with Gasteiger partial charge in [0.25, 0.3) is 5.79 Å². The average Bonchev–Trinajstić information content (AvgIpc) is 2.11. The minimum Gasteiger partial charge on any atom is -0.388 e. The summed E-state index contributed by atoms with van der Waals surface area (Å²) in [4.78, 5) is 22.3. The van der Waals surface area contributed by atoms with Crippen molar-refractivity contribution >= 4 is 21.2 Å². The number of hydrogen-bond donors (Lipinski definition) is 2. The fourth-order valence-electron chi connectivity index (χ4n) is 1.54. The van der Waals surface area contributed by atoms with E-state index in [0.29, 0.717) is 12.0 Å². The topological polar surface area (TPSA) is 83.8 Å². The Labute approximate surface area is 81.9 Å². The minimum absolute atomic E-state index is 0.517. The number of cyclic esters (lactones) is 2. The highest BCUT2D eigenvalue weighted by Gasteiger charge is 2.67. The quantitative estimate of drug-likeness (QED) is 0.195. The van der Waals surface area contributed by atoms with Crippen LogP contribution in [0.25, 0.3) is 0 Å².